The summed E-state index contributed by atoms with van der Waals surface area (Å²) in [7, 11) is 0. The van der Waals surface area contributed by atoms with E-state index in [0.717, 1.165) is 30.9 Å². The van der Waals surface area contributed by atoms with Gasteiger partial charge >= 0.3 is 0 Å². The molecular formula is C23H24FN5O3. The summed E-state index contributed by atoms with van der Waals surface area (Å²) in [4.78, 5) is 47.1. The molecule has 2 fully saturated rings. The van der Waals surface area contributed by atoms with Crippen LogP contribution in [0.4, 0.5) is 10.1 Å². The number of halogens is 1. The molecule has 0 spiro atoms. The molecule has 3 aliphatic heterocycles. The van der Waals surface area contributed by atoms with Crippen molar-refractivity contribution in [2.75, 3.05) is 31.1 Å². The Hall–Kier alpha value is -3.33. The van der Waals surface area contributed by atoms with Crippen LogP contribution in [0.1, 0.15) is 34.5 Å². The van der Waals surface area contributed by atoms with Gasteiger partial charge in [-0.05, 0) is 30.7 Å². The summed E-state index contributed by atoms with van der Waals surface area (Å²) in [5.41, 5.74) is 2.78. The summed E-state index contributed by atoms with van der Waals surface area (Å²) in [6.07, 6.45) is 2.26. The van der Waals surface area contributed by atoms with Gasteiger partial charge in [0.05, 0.1) is 5.69 Å². The molecule has 3 aliphatic rings. The highest BCUT2D eigenvalue weighted by atomic mass is 19.1. The van der Waals surface area contributed by atoms with Crippen LogP contribution in [0.2, 0.25) is 0 Å². The Bertz CT molecular complexity index is 1070. The number of rotatable bonds is 4. The van der Waals surface area contributed by atoms with Gasteiger partial charge in [-0.1, -0.05) is 6.07 Å². The van der Waals surface area contributed by atoms with E-state index in [1.165, 1.54) is 17.0 Å². The second-order valence-electron chi connectivity index (χ2n) is 8.44. The number of nitrogens with one attached hydrogen (secondary N) is 1. The van der Waals surface area contributed by atoms with Gasteiger partial charge in [0.1, 0.15) is 11.9 Å². The molecule has 9 heteroatoms. The van der Waals surface area contributed by atoms with Crippen molar-refractivity contribution < 1.29 is 18.8 Å². The van der Waals surface area contributed by atoms with E-state index in [2.05, 4.69) is 20.1 Å². The third-order valence-electron chi connectivity index (χ3n) is 6.42. The van der Waals surface area contributed by atoms with Crippen LogP contribution in [0.25, 0.3) is 0 Å². The summed E-state index contributed by atoms with van der Waals surface area (Å²) >= 11 is 0. The third-order valence-corrected chi connectivity index (χ3v) is 6.42. The molecule has 1 aromatic carbocycles. The molecular weight excluding hydrogens is 413 g/mol. The molecule has 1 aromatic heterocycles. The van der Waals surface area contributed by atoms with Crippen molar-refractivity contribution >= 4 is 23.4 Å². The molecule has 1 N–H and O–H groups in total. The van der Waals surface area contributed by atoms with Crippen LogP contribution in [0.5, 0.6) is 0 Å². The lowest BCUT2D eigenvalue weighted by Crippen LogP contribution is -2.52. The monoisotopic (exact) mass is 437 g/mol. The number of aromatic nitrogens is 1. The van der Waals surface area contributed by atoms with Crippen LogP contribution in [0.3, 0.4) is 0 Å². The Morgan fingerprint density at radius 2 is 1.91 bits per heavy atom. The molecule has 2 aromatic rings. The first-order chi connectivity index (χ1) is 15.5. The lowest BCUT2D eigenvalue weighted by atomic mass is 10.0. The van der Waals surface area contributed by atoms with Crippen LogP contribution >= 0.6 is 0 Å². The number of piperazine rings is 1. The average molecular weight is 437 g/mol. The standard InChI is InChI=1S/C23H24FN5O3/c24-15-11-17-18(14-29(23(17)32)19-4-5-21(30)26-22(19)31)20(12-15)28-9-7-27(8-10-28)13-16-3-1-2-6-25-16/h1-3,6,11-12,19H,4-5,7-10,13-14H2,(H,26,30,31). The smallest absolute Gasteiger partial charge is 0.255 e. The minimum absolute atomic E-state index is 0.190. The van der Waals surface area contributed by atoms with Gasteiger partial charge in [0.15, 0.2) is 0 Å². The molecule has 2 saturated heterocycles. The first-order valence-corrected chi connectivity index (χ1v) is 10.8. The van der Waals surface area contributed by atoms with Gasteiger partial charge in [0.25, 0.3) is 5.91 Å². The highest BCUT2D eigenvalue weighted by molar-refractivity contribution is 6.06. The summed E-state index contributed by atoms with van der Waals surface area (Å²) < 4.78 is 14.5. The zero-order valence-corrected chi connectivity index (χ0v) is 17.6. The SMILES string of the molecule is O=C1CCC(N2Cc3c(cc(F)cc3N3CCN(Cc4ccccn4)CC3)C2=O)C(=O)N1. The van der Waals surface area contributed by atoms with Crippen LogP contribution in [0.15, 0.2) is 36.5 Å². The van der Waals surface area contributed by atoms with Crippen LogP contribution in [0, 0.1) is 5.82 Å². The van der Waals surface area contributed by atoms with Gasteiger partial charge in [-0.2, -0.15) is 0 Å². The lowest BCUT2D eigenvalue weighted by Gasteiger charge is -2.37. The maximum absolute atomic E-state index is 14.5. The Balaban J connectivity index is 1.32. The number of hydrogen-bond acceptors (Lipinski definition) is 6. The number of carbonyl (C=O) groups is 3. The van der Waals surface area contributed by atoms with Gasteiger partial charge < -0.3 is 9.80 Å². The van der Waals surface area contributed by atoms with Crippen molar-refractivity contribution in [3.63, 3.8) is 0 Å². The quantitative estimate of drug-likeness (QED) is 0.726. The highest BCUT2D eigenvalue weighted by Gasteiger charge is 2.41. The fraction of sp³-hybridized carbons (Fsp3) is 0.391. The first-order valence-electron chi connectivity index (χ1n) is 10.8. The number of piperidine rings is 1. The second-order valence-corrected chi connectivity index (χ2v) is 8.44. The Morgan fingerprint density at radius 3 is 2.62 bits per heavy atom. The maximum Gasteiger partial charge on any atom is 0.255 e. The molecule has 1 unspecified atom stereocenters. The van der Waals surface area contributed by atoms with Crippen molar-refractivity contribution in [3.05, 3.63) is 59.2 Å². The van der Waals surface area contributed by atoms with Gasteiger partial charge in [-0.15, -0.1) is 0 Å². The van der Waals surface area contributed by atoms with E-state index < -0.39 is 17.8 Å². The Labute approximate surface area is 185 Å². The molecule has 0 saturated carbocycles. The fourth-order valence-corrected chi connectivity index (χ4v) is 4.76. The Kier molecular flexibility index (Phi) is 5.34. The molecule has 32 heavy (non-hydrogen) atoms. The number of imide groups is 1. The third kappa shape index (κ3) is 3.84. The average Bonchev–Trinajstić information content (AvgIpc) is 3.11. The molecule has 4 heterocycles. The predicted molar refractivity (Wildman–Crippen MR) is 114 cm³/mol. The normalized spacial score (nSPS) is 21.7. The molecule has 1 atom stereocenters. The van der Waals surface area contributed by atoms with Gasteiger partial charge in [0, 0.05) is 68.7 Å². The van der Waals surface area contributed by atoms with E-state index >= 15 is 0 Å². The molecule has 3 amide bonds. The van der Waals surface area contributed by atoms with Crippen LogP contribution in [-0.4, -0.2) is 64.7 Å². The summed E-state index contributed by atoms with van der Waals surface area (Å²) in [5.74, 6) is -1.62. The van der Waals surface area contributed by atoms with Crippen molar-refractivity contribution in [3.8, 4) is 0 Å². The highest BCUT2D eigenvalue weighted by Crippen LogP contribution is 2.35. The van der Waals surface area contributed by atoms with E-state index in [1.807, 2.05) is 18.2 Å². The largest absolute Gasteiger partial charge is 0.369 e. The molecule has 0 bridgehead atoms. The zero-order chi connectivity index (χ0) is 22.2. The van der Waals surface area contributed by atoms with Crippen LogP contribution in [-0.2, 0) is 22.7 Å². The first kappa shape index (κ1) is 20.6. The summed E-state index contributed by atoms with van der Waals surface area (Å²) in [6.45, 7) is 4.01. The number of fused-ring (bicyclic) bond motifs is 1. The van der Waals surface area contributed by atoms with Crippen molar-refractivity contribution in [2.24, 2.45) is 0 Å². The number of amides is 3. The number of pyridine rings is 1. The number of anilines is 1. The predicted octanol–water partition coefficient (Wildman–Crippen LogP) is 1.30. The van der Waals surface area contributed by atoms with Crippen LogP contribution < -0.4 is 10.2 Å². The molecule has 0 aliphatic carbocycles. The topological polar surface area (TPSA) is 85.9 Å². The molecule has 8 nitrogen and oxygen atoms in total. The number of benzene rings is 1. The summed E-state index contributed by atoms with van der Waals surface area (Å²) in [6, 6.07) is 7.89. The van der Waals surface area contributed by atoms with E-state index in [0.29, 0.717) is 24.3 Å². The van der Waals surface area contributed by atoms with E-state index in [4.69, 9.17) is 0 Å². The molecule has 0 radical (unpaired) electrons. The van der Waals surface area contributed by atoms with Crippen molar-refractivity contribution in [1.82, 2.24) is 20.1 Å². The van der Waals surface area contributed by atoms with E-state index in [-0.39, 0.29) is 31.2 Å². The van der Waals surface area contributed by atoms with Gasteiger partial charge in [0.2, 0.25) is 11.8 Å². The maximum atomic E-state index is 14.5. The minimum atomic E-state index is -0.710. The minimum Gasteiger partial charge on any atom is -0.369 e. The zero-order valence-electron chi connectivity index (χ0n) is 17.6. The number of nitrogens with zero attached hydrogens (tertiary/aromatic N) is 4. The second kappa shape index (κ2) is 8.31. The van der Waals surface area contributed by atoms with Gasteiger partial charge in [-0.3, -0.25) is 29.6 Å². The molecule has 166 valence electrons. The van der Waals surface area contributed by atoms with E-state index in [9.17, 15) is 18.8 Å². The number of carbonyl (C=O) groups excluding carboxylic acids is 3. The van der Waals surface area contributed by atoms with E-state index in [1.54, 1.807) is 6.20 Å². The van der Waals surface area contributed by atoms with Crippen molar-refractivity contribution in [1.29, 1.82) is 0 Å². The molecule has 5 rings (SSSR count). The van der Waals surface area contributed by atoms with Gasteiger partial charge in [-0.25, -0.2) is 4.39 Å². The Morgan fingerprint density at radius 1 is 1.09 bits per heavy atom. The number of hydrogen-bond donors (Lipinski definition) is 1. The van der Waals surface area contributed by atoms with Crippen molar-refractivity contribution in [2.45, 2.75) is 32.0 Å². The lowest BCUT2D eigenvalue weighted by molar-refractivity contribution is -0.136. The fourth-order valence-electron chi connectivity index (χ4n) is 4.76. The summed E-state index contributed by atoms with van der Waals surface area (Å²) in [5, 5.41) is 2.30.